The lowest BCUT2D eigenvalue weighted by molar-refractivity contribution is -0.0394. The fourth-order valence-electron chi connectivity index (χ4n) is 0.690. The summed E-state index contributed by atoms with van der Waals surface area (Å²) in [6.07, 6.45) is 4.39. The second kappa shape index (κ2) is 2.64. The van der Waals surface area contributed by atoms with Crippen molar-refractivity contribution in [2.75, 3.05) is 6.67 Å². The minimum Gasteiger partial charge on any atom is -0.287 e. The Kier molecular flexibility index (Phi) is 1.85. The monoisotopic (exact) mass is 126 g/mol. The Morgan fingerprint density at radius 1 is 1.89 bits per heavy atom. The standard InChI is InChI=1S/C6H10N2O/c1-2-6-3-7-5-8(9)4-6/h3-4,9H,2,5H2,1H3. The van der Waals surface area contributed by atoms with E-state index in [4.69, 9.17) is 5.21 Å². The number of hydrogen-bond donors (Lipinski definition) is 1. The first-order chi connectivity index (χ1) is 4.33. The second-order valence-corrected chi connectivity index (χ2v) is 1.95. The van der Waals surface area contributed by atoms with Crippen LogP contribution < -0.4 is 0 Å². The van der Waals surface area contributed by atoms with Gasteiger partial charge in [-0.2, -0.15) is 0 Å². The summed E-state index contributed by atoms with van der Waals surface area (Å²) < 4.78 is 0. The Morgan fingerprint density at radius 2 is 2.67 bits per heavy atom. The molecule has 1 aliphatic heterocycles. The molecule has 1 N–H and O–H groups in total. The maximum absolute atomic E-state index is 8.85. The molecule has 3 heteroatoms. The van der Waals surface area contributed by atoms with Crippen molar-refractivity contribution in [3.05, 3.63) is 11.8 Å². The molecule has 3 nitrogen and oxygen atoms in total. The summed E-state index contributed by atoms with van der Waals surface area (Å²) in [5, 5.41) is 9.94. The van der Waals surface area contributed by atoms with Crippen LogP contribution in [0.15, 0.2) is 16.8 Å². The number of hydroxylamine groups is 2. The van der Waals surface area contributed by atoms with E-state index in [2.05, 4.69) is 4.99 Å². The summed E-state index contributed by atoms with van der Waals surface area (Å²) in [5.41, 5.74) is 1.06. The Bertz CT molecular complexity index is 151. The Balaban J connectivity index is 2.59. The van der Waals surface area contributed by atoms with Crippen LogP contribution in [0.3, 0.4) is 0 Å². The second-order valence-electron chi connectivity index (χ2n) is 1.95. The van der Waals surface area contributed by atoms with Gasteiger partial charge in [0, 0.05) is 12.4 Å². The van der Waals surface area contributed by atoms with Crippen LogP contribution in [0.25, 0.3) is 0 Å². The predicted molar refractivity (Wildman–Crippen MR) is 35.4 cm³/mol. The molecule has 0 unspecified atom stereocenters. The number of hydrogen-bond acceptors (Lipinski definition) is 3. The zero-order valence-corrected chi connectivity index (χ0v) is 5.41. The first-order valence-electron chi connectivity index (χ1n) is 2.99. The van der Waals surface area contributed by atoms with Crippen molar-refractivity contribution in [2.45, 2.75) is 13.3 Å². The molecule has 0 saturated heterocycles. The Morgan fingerprint density at radius 3 is 3.11 bits per heavy atom. The summed E-state index contributed by atoms with van der Waals surface area (Å²) in [7, 11) is 0. The van der Waals surface area contributed by atoms with Gasteiger partial charge in [0.1, 0.15) is 6.67 Å². The fraction of sp³-hybridized carbons (Fsp3) is 0.500. The van der Waals surface area contributed by atoms with Gasteiger partial charge in [-0.3, -0.25) is 10.2 Å². The number of rotatable bonds is 1. The SMILES string of the molecule is CCC1=CN(O)CN=C1. The van der Waals surface area contributed by atoms with Crippen molar-refractivity contribution in [2.24, 2.45) is 4.99 Å². The van der Waals surface area contributed by atoms with Crippen LogP contribution in [0.1, 0.15) is 13.3 Å². The summed E-state index contributed by atoms with van der Waals surface area (Å²) in [6, 6.07) is 0. The van der Waals surface area contributed by atoms with Crippen LogP contribution in [-0.4, -0.2) is 23.2 Å². The molecule has 0 amide bonds. The molecule has 1 rings (SSSR count). The molecule has 0 bridgehead atoms. The number of aliphatic imine (C=N–C) groups is 1. The molecule has 0 aromatic carbocycles. The number of allylic oxidation sites excluding steroid dienone is 1. The lowest BCUT2D eigenvalue weighted by atomic mass is 10.2. The lowest BCUT2D eigenvalue weighted by Gasteiger charge is -2.13. The van der Waals surface area contributed by atoms with Gasteiger partial charge in [-0.15, -0.1) is 0 Å². The van der Waals surface area contributed by atoms with Crippen molar-refractivity contribution in [3.63, 3.8) is 0 Å². The van der Waals surface area contributed by atoms with Crippen LogP contribution in [-0.2, 0) is 0 Å². The van der Waals surface area contributed by atoms with Gasteiger partial charge in [0.25, 0.3) is 0 Å². The van der Waals surface area contributed by atoms with Gasteiger partial charge in [0.2, 0.25) is 0 Å². The van der Waals surface area contributed by atoms with Crippen LogP contribution in [0.4, 0.5) is 0 Å². The van der Waals surface area contributed by atoms with Crippen molar-refractivity contribution < 1.29 is 5.21 Å². The van der Waals surface area contributed by atoms with E-state index in [0.717, 1.165) is 17.1 Å². The molecule has 0 radical (unpaired) electrons. The highest BCUT2D eigenvalue weighted by molar-refractivity contribution is 5.78. The summed E-state index contributed by atoms with van der Waals surface area (Å²) in [6.45, 7) is 2.39. The minimum absolute atomic E-state index is 0.365. The summed E-state index contributed by atoms with van der Waals surface area (Å²) >= 11 is 0. The number of nitrogens with zero attached hydrogens (tertiary/aromatic N) is 2. The molecular weight excluding hydrogens is 116 g/mol. The fourth-order valence-corrected chi connectivity index (χ4v) is 0.690. The van der Waals surface area contributed by atoms with Crippen LogP contribution in [0.2, 0.25) is 0 Å². The van der Waals surface area contributed by atoms with Crippen molar-refractivity contribution in [1.82, 2.24) is 5.06 Å². The normalized spacial score (nSPS) is 18.0. The van der Waals surface area contributed by atoms with E-state index >= 15 is 0 Å². The topological polar surface area (TPSA) is 35.8 Å². The van der Waals surface area contributed by atoms with Gasteiger partial charge >= 0.3 is 0 Å². The third-order valence-electron chi connectivity index (χ3n) is 1.21. The maximum Gasteiger partial charge on any atom is 0.134 e. The predicted octanol–water partition coefficient (Wildman–Crippen LogP) is 1.01. The van der Waals surface area contributed by atoms with Crippen LogP contribution >= 0.6 is 0 Å². The van der Waals surface area contributed by atoms with E-state index < -0.39 is 0 Å². The van der Waals surface area contributed by atoms with E-state index in [1.54, 1.807) is 12.4 Å². The summed E-state index contributed by atoms with van der Waals surface area (Å²) in [5.74, 6) is 0. The quantitative estimate of drug-likeness (QED) is 0.569. The first-order valence-corrected chi connectivity index (χ1v) is 2.99. The Hall–Kier alpha value is -0.830. The minimum atomic E-state index is 0.365. The molecule has 0 atom stereocenters. The molecule has 0 fully saturated rings. The highest BCUT2D eigenvalue weighted by Crippen LogP contribution is 2.02. The molecule has 0 aliphatic carbocycles. The average molecular weight is 126 g/mol. The van der Waals surface area contributed by atoms with Gasteiger partial charge in [-0.05, 0) is 12.0 Å². The molecular formula is C6H10N2O. The highest BCUT2D eigenvalue weighted by Gasteiger charge is 1.99. The van der Waals surface area contributed by atoms with E-state index in [9.17, 15) is 0 Å². The molecule has 0 aromatic heterocycles. The van der Waals surface area contributed by atoms with Crippen molar-refractivity contribution >= 4 is 6.21 Å². The molecule has 50 valence electrons. The van der Waals surface area contributed by atoms with Gasteiger partial charge in [0.05, 0.1) is 0 Å². The van der Waals surface area contributed by atoms with E-state index in [-0.39, 0.29) is 0 Å². The molecule has 9 heavy (non-hydrogen) atoms. The molecule has 0 saturated carbocycles. The molecule has 1 heterocycles. The Labute approximate surface area is 54.3 Å². The molecule has 0 spiro atoms. The van der Waals surface area contributed by atoms with Crippen LogP contribution in [0, 0.1) is 0 Å². The summed E-state index contributed by atoms with van der Waals surface area (Å²) in [4.78, 5) is 3.89. The third-order valence-corrected chi connectivity index (χ3v) is 1.21. The zero-order chi connectivity index (χ0) is 6.69. The lowest BCUT2D eigenvalue weighted by Crippen LogP contribution is -2.16. The van der Waals surface area contributed by atoms with Crippen molar-refractivity contribution in [3.8, 4) is 0 Å². The van der Waals surface area contributed by atoms with Crippen LogP contribution in [0.5, 0.6) is 0 Å². The van der Waals surface area contributed by atoms with E-state index in [1.165, 1.54) is 0 Å². The molecule has 1 aliphatic rings. The largest absolute Gasteiger partial charge is 0.287 e. The van der Waals surface area contributed by atoms with Gasteiger partial charge < -0.3 is 0 Å². The third kappa shape index (κ3) is 1.54. The van der Waals surface area contributed by atoms with E-state index in [0.29, 0.717) is 6.67 Å². The maximum atomic E-state index is 8.85. The van der Waals surface area contributed by atoms with Gasteiger partial charge in [0.15, 0.2) is 0 Å². The molecule has 0 aromatic rings. The van der Waals surface area contributed by atoms with Gasteiger partial charge in [-0.1, -0.05) is 6.92 Å². The highest BCUT2D eigenvalue weighted by atomic mass is 16.5. The average Bonchev–Trinajstić information content (AvgIpc) is 1.88. The van der Waals surface area contributed by atoms with E-state index in [1.807, 2.05) is 6.92 Å². The smallest absolute Gasteiger partial charge is 0.134 e. The van der Waals surface area contributed by atoms with Gasteiger partial charge in [-0.25, -0.2) is 5.06 Å². The van der Waals surface area contributed by atoms with Crippen molar-refractivity contribution in [1.29, 1.82) is 0 Å². The zero-order valence-electron chi connectivity index (χ0n) is 5.41. The first kappa shape index (κ1) is 6.29.